The normalized spacial score (nSPS) is 11.3. The number of hydrogen-bond donors (Lipinski definition) is 0. The third kappa shape index (κ3) is 3.47. The molecule has 0 unspecified atom stereocenters. The van der Waals surface area contributed by atoms with Crippen molar-refractivity contribution in [3.05, 3.63) is 145 Å². The quantitative estimate of drug-likeness (QED) is 0.227. The highest BCUT2D eigenvalue weighted by Crippen LogP contribution is 2.41. The van der Waals surface area contributed by atoms with Crippen molar-refractivity contribution in [2.75, 3.05) is 0 Å². The van der Waals surface area contributed by atoms with Crippen LogP contribution in [-0.2, 0) is 0 Å². The summed E-state index contributed by atoms with van der Waals surface area (Å²) < 4.78 is 4.50. The molecule has 8 rings (SSSR count). The number of nitrogens with zero attached hydrogens (tertiary/aromatic N) is 4. The van der Waals surface area contributed by atoms with Crippen LogP contribution in [0.15, 0.2) is 133 Å². The van der Waals surface area contributed by atoms with Crippen LogP contribution in [0.1, 0.15) is 11.1 Å². The van der Waals surface area contributed by atoms with E-state index in [4.69, 9.17) is 0 Å². The van der Waals surface area contributed by atoms with E-state index in [2.05, 4.69) is 118 Å². The lowest BCUT2D eigenvalue weighted by Gasteiger charge is -2.11. The highest BCUT2D eigenvalue weighted by atomic mass is 15.0. The molecule has 0 bridgehead atoms. The summed E-state index contributed by atoms with van der Waals surface area (Å²) in [6, 6.07) is 50.3. The topological polar surface area (TPSA) is 57.4 Å². The Kier molecular flexibility index (Phi) is 5.22. The number of nitriles is 2. The number of para-hydroxylation sites is 3. The fraction of sp³-hybridized carbons (Fsp3) is 0. The van der Waals surface area contributed by atoms with Crippen molar-refractivity contribution in [2.24, 2.45) is 0 Å². The molecule has 42 heavy (non-hydrogen) atoms. The van der Waals surface area contributed by atoms with Crippen LogP contribution in [0.4, 0.5) is 0 Å². The summed E-state index contributed by atoms with van der Waals surface area (Å²) in [5, 5.41) is 24.1. The Bertz CT molecular complexity index is 2400. The van der Waals surface area contributed by atoms with Crippen LogP contribution in [0.25, 0.3) is 66.1 Å². The average molecular weight is 535 g/mol. The van der Waals surface area contributed by atoms with Gasteiger partial charge in [0.25, 0.3) is 0 Å². The van der Waals surface area contributed by atoms with Gasteiger partial charge in [-0.3, -0.25) is 0 Å². The largest absolute Gasteiger partial charge is 0.309 e. The molecule has 0 aliphatic carbocycles. The van der Waals surface area contributed by atoms with Crippen molar-refractivity contribution in [3.8, 4) is 34.6 Å². The van der Waals surface area contributed by atoms with Gasteiger partial charge in [0.1, 0.15) is 0 Å². The summed E-state index contributed by atoms with van der Waals surface area (Å²) in [7, 11) is 0. The highest BCUT2D eigenvalue weighted by molar-refractivity contribution is 6.17. The Morgan fingerprint density at radius 2 is 1.02 bits per heavy atom. The van der Waals surface area contributed by atoms with Crippen LogP contribution < -0.4 is 0 Å². The molecule has 0 amide bonds. The van der Waals surface area contributed by atoms with Gasteiger partial charge in [0.15, 0.2) is 0 Å². The smallest absolute Gasteiger partial charge is 0.0992 e. The van der Waals surface area contributed by atoms with Crippen molar-refractivity contribution in [1.29, 1.82) is 10.5 Å². The third-order valence-electron chi connectivity index (χ3n) is 8.13. The maximum Gasteiger partial charge on any atom is 0.0992 e. The number of rotatable bonds is 3. The Hall–Kier alpha value is -6.10. The highest BCUT2D eigenvalue weighted by Gasteiger charge is 2.18. The SMILES string of the molecule is N#Cc1cc(C#N)cc(-n2c3ccccc3c3ccc(-c4cccc5c4c4ccccc4n5-c4ccccc4)cc32)c1. The van der Waals surface area contributed by atoms with Gasteiger partial charge in [-0.25, -0.2) is 0 Å². The summed E-state index contributed by atoms with van der Waals surface area (Å²) in [6.07, 6.45) is 0. The average Bonchev–Trinajstić information content (AvgIpc) is 3.57. The molecule has 194 valence electrons. The van der Waals surface area contributed by atoms with Crippen molar-refractivity contribution >= 4 is 43.6 Å². The van der Waals surface area contributed by atoms with Gasteiger partial charge in [0.2, 0.25) is 0 Å². The molecule has 0 fully saturated rings. The molecule has 0 atom stereocenters. The first-order valence-corrected chi connectivity index (χ1v) is 13.8. The summed E-state index contributed by atoms with van der Waals surface area (Å²) >= 11 is 0. The van der Waals surface area contributed by atoms with Gasteiger partial charge in [-0.1, -0.05) is 78.9 Å². The van der Waals surface area contributed by atoms with E-state index in [0.29, 0.717) is 11.1 Å². The van der Waals surface area contributed by atoms with Gasteiger partial charge in [0, 0.05) is 32.9 Å². The van der Waals surface area contributed by atoms with Crippen LogP contribution >= 0.6 is 0 Å². The number of fused-ring (bicyclic) bond motifs is 6. The van der Waals surface area contributed by atoms with Crippen LogP contribution in [0, 0.1) is 22.7 Å². The van der Waals surface area contributed by atoms with E-state index in [-0.39, 0.29) is 0 Å². The molecule has 2 heterocycles. The van der Waals surface area contributed by atoms with Crippen molar-refractivity contribution in [1.82, 2.24) is 9.13 Å². The molecule has 0 N–H and O–H groups in total. The lowest BCUT2D eigenvalue weighted by Crippen LogP contribution is -1.96. The molecule has 0 spiro atoms. The van der Waals surface area contributed by atoms with E-state index >= 15 is 0 Å². The molecule has 2 aromatic heterocycles. The molecule has 4 heteroatoms. The Morgan fingerprint density at radius 3 is 1.76 bits per heavy atom. The molecule has 6 aromatic carbocycles. The zero-order chi connectivity index (χ0) is 28.2. The predicted octanol–water partition coefficient (Wildman–Crippen LogP) is 9.29. The Morgan fingerprint density at radius 1 is 0.429 bits per heavy atom. The van der Waals surface area contributed by atoms with E-state index in [0.717, 1.165) is 49.8 Å². The van der Waals surface area contributed by atoms with Crippen LogP contribution in [-0.4, -0.2) is 9.13 Å². The van der Waals surface area contributed by atoms with Crippen molar-refractivity contribution < 1.29 is 0 Å². The molecule has 0 aliphatic heterocycles. The minimum Gasteiger partial charge on any atom is -0.309 e. The zero-order valence-corrected chi connectivity index (χ0v) is 22.5. The van der Waals surface area contributed by atoms with Gasteiger partial charge in [-0.15, -0.1) is 0 Å². The van der Waals surface area contributed by atoms with Crippen LogP contribution in [0.5, 0.6) is 0 Å². The lowest BCUT2D eigenvalue weighted by molar-refractivity contribution is 1.17. The van der Waals surface area contributed by atoms with Crippen molar-refractivity contribution in [2.45, 2.75) is 0 Å². The molecule has 0 saturated carbocycles. The molecule has 4 nitrogen and oxygen atoms in total. The molecular weight excluding hydrogens is 512 g/mol. The molecule has 0 radical (unpaired) electrons. The van der Waals surface area contributed by atoms with Gasteiger partial charge < -0.3 is 9.13 Å². The number of aromatic nitrogens is 2. The van der Waals surface area contributed by atoms with Gasteiger partial charge in [0.05, 0.1) is 45.3 Å². The molecular formula is C38H22N4. The Labute approximate surface area is 242 Å². The molecule has 0 saturated heterocycles. The van der Waals surface area contributed by atoms with Gasteiger partial charge >= 0.3 is 0 Å². The van der Waals surface area contributed by atoms with Crippen molar-refractivity contribution in [3.63, 3.8) is 0 Å². The maximum atomic E-state index is 9.70. The number of hydrogen-bond acceptors (Lipinski definition) is 2. The second-order valence-corrected chi connectivity index (χ2v) is 10.5. The fourth-order valence-electron chi connectivity index (χ4n) is 6.40. The van der Waals surface area contributed by atoms with E-state index in [1.807, 2.05) is 30.3 Å². The minimum atomic E-state index is 0.463. The summed E-state index contributed by atoms with van der Waals surface area (Å²) in [5.41, 5.74) is 9.48. The summed E-state index contributed by atoms with van der Waals surface area (Å²) in [6.45, 7) is 0. The Balaban J connectivity index is 1.45. The second-order valence-electron chi connectivity index (χ2n) is 10.5. The fourth-order valence-corrected chi connectivity index (χ4v) is 6.40. The monoisotopic (exact) mass is 534 g/mol. The lowest BCUT2D eigenvalue weighted by atomic mass is 9.98. The zero-order valence-electron chi connectivity index (χ0n) is 22.5. The number of benzene rings is 6. The summed E-state index contributed by atoms with van der Waals surface area (Å²) in [5.74, 6) is 0. The van der Waals surface area contributed by atoms with E-state index in [9.17, 15) is 10.5 Å². The summed E-state index contributed by atoms with van der Waals surface area (Å²) in [4.78, 5) is 0. The maximum absolute atomic E-state index is 9.70. The molecule has 0 aliphatic rings. The minimum absolute atomic E-state index is 0.463. The van der Waals surface area contributed by atoms with E-state index in [1.54, 1.807) is 6.07 Å². The van der Waals surface area contributed by atoms with E-state index < -0.39 is 0 Å². The van der Waals surface area contributed by atoms with E-state index in [1.165, 1.54) is 16.3 Å². The van der Waals surface area contributed by atoms with Crippen LogP contribution in [0.2, 0.25) is 0 Å². The van der Waals surface area contributed by atoms with Gasteiger partial charge in [-0.2, -0.15) is 10.5 Å². The second kappa shape index (κ2) is 9.24. The first-order chi connectivity index (χ1) is 20.7. The van der Waals surface area contributed by atoms with Gasteiger partial charge in [-0.05, 0) is 65.7 Å². The standard InChI is InChI=1S/C38H22N4/c39-23-25-19-26(24-40)21-29(20-25)42-34-14-6-4-11-31(34)32-18-17-27(22-37(32)42)30-13-8-16-36-38(30)33-12-5-7-15-35(33)41(36)28-9-2-1-3-10-28/h1-22H. The first-order valence-electron chi connectivity index (χ1n) is 13.8. The van der Waals surface area contributed by atoms with Crippen LogP contribution in [0.3, 0.4) is 0 Å². The third-order valence-corrected chi connectivity index (χ3v) is 8.13. The predicted molar refractivity (Wildman–Crippen MR) is 170 cm³/mol. The first kappa shape index (κ1) is 23.8. The molecule has 8 aromatic rings.